The molecular weight excluding hydrogens is 150 g/mol. The summed E-state index contributed by atoms with van der Waals surface area (Å²) >= 11 is 0. The number of nitrogens with one attached hydrogen (secondary N) is 1. The van der Waals surface area contributed by atoms with E-state index >= 15 is 0 Å². The number of unbranched alkanes of at least 4 members (excludes halogenated alkanes) is 2. The molecule has 0 aromatic heterocycles. The molecule has 0 fully saturated rings. The van der Waals surface area contributed by atoms with E-state index in [1.165, 1.54) is 12.8 Å². The summed E-state index contributed by atoms with van der Waals surface area (Å²) in [7, 11) is 0. The van der Waals surface area contributed by atoms with Gasteiger partial charge in [0.2, 0.25) is 0 Å². The van der Waals surface area contributed by atoms with Crippen LogP contribution < -0.4 is 5.32 Å². The second-order valence-corrected chi connectivity index (χ2v) is 3.35. The summed E-state index contributed by atoms with van der Waals surface area (Å²) in [5, 5.41) is 12.7. The van der Waals surface area contributed by atoms with Crippen molar-refractivity contribution < 1.29 is 5.11 Å². The molecule has 0 aliphatic rings. The Labute approximate surface area is 76.4 Å². The lowest BCUT2D eigenvalue weighted by molar-refractivity contribution is 0.158. The van der Waals surface area contributed by atoms with E-state index in [0.717, 1.165) is 32.4 Å². The summed E-state index contributed by atoms with van der Waals surface area (Å²) in [5.74, 6) is 0. The maximum Gasteiger partial charge on any atom is 0.0664 e. The molecule has 2 heteroatoms. The van der Waals surface area contributed by atoms with Gasteiger partial charge in [-0.2, -0.15) is 0 Å². The van der Waals surface area contributed by atoms with E-state index in [-0.39, 0.29) is 6.10 Å². The largest absolute Gasteiger partial charge is 0.392 e. The minimum Gasteiger partial charge on any atom is -0.392 e. The lowest BCUT2D eigenvalue weighted by Gasteiger charge is -2.10. The average Bonchev–Trinajstić information content (AvgIpc) is 2.06. The molecule has 0 aliphatic heterocycles. The van der Waals surface area contributed by atoms with Crippen LogP contribution in [0.4, 0.5) is 0 Å². The topological polar surface area (TPSA) is 32.3 Å². The van der Waals surface area contributed by atoms with Crippen molar-refractivity contribution in [1.29, 1.82) is 0 Å². The molecule has 0 saturated carbocycles. The van der Waals surface area contributed by atoms with Gasteiger partial charge in [0, 0.05) is 6.54 Å². The molecule has 0 rings (SSSR count). The molecule has 0 heterocycles. The van der Waals surface area contributed by atoms with E-state index in [1.54, 1.807) is 0 Å². The summed E-state index contributed by atoms with van der Waals surface area (Å²) < 4.78 is 0. The van der Waals surface area contributed by atoms with Crippen LogP contribution >= 0.6 is 0 Å². The van der Waals surface area contributed by atoms with Gasteiger partial charge in [0.25, 0.3) is 0 Å². The quantitative estimate of drug-likeness (QED) is 0.550. The van der Waals surface area contributed by atoms with Crippen LogP contribution in [0, 0.1) is 0 Å². The van der Waals surface area contributed by atoms with Crippen LogP contribution in [-0.2, 0) is 0 Å². The molecule has 12 heavy (non-hydrogen) atoms. The van der Waals surface area contributed by atoms with Crippen LogP contribution in [0.5, 0.6) is 0 Å². The van der Waals surface area contributed by atoms with Crippen LogP contribution in [0.2, 0.25) is 0 Å². The van der Waals surface area contributed by atoms with Crippen molar-refractivity contribution in [3.8, 4) is 0 Å². The van der Waals surface area contributed by atoms with E-state index in [1.807, 2.05) is 0 Å². The lowest BCUT2D eigenvalue weighted by Crippen LogP contribution is -2.27. The van der Waals surface area contributed by atoms with Crippen molar-refractivity contribution in [2.75, 3.05) is 13.1 Å². The zero-order valence-electron chi connectivity index (χ0n) is 8.47. The third-order valence-corrected chi connectivity index (χ3v) is 1.95. The monoisotopic (exact) mass is 173 g/mol. The van der Waals surface area contributed by atoms with Crippen molar-refractivity contribution in [3.63, 3.8) is 0 Å². The fourth-order valence-corrected chi connectivity index (χ4v) is 1.18. The first-order valence-electron chi connectivity index (χ1n) is 5.20. The Morgan fingerprint density at radius 2 is 1.92 bits per heavy atom. The van der Waals surface area contributed by atoms with Crippen LogP contribution in [0.15, 0.2) is 0 Å². The summed E-state index contributed by atoms with van der Waals surface area (Å²) in [4.78, 5) is 0. The normalized spacial score (nSPS) is 13.2. The van der Waals surface area contributed by atoms with Crippen molar-refractivity contribution in [1.82, 2.24) is 5.32 Å². The van der Waals surface area contributed by atoms with Crippen LogP contribution in [0.3, 0.4) is 0 Å². The Kier molecular flexibility index (Phi) is 8.95. The van der Waals surface area contributed by atoms with Crippen LogP contribution in [0.1, 0.15) is 46.0 Å². The Hall–Kier alpha value is -0.0800. The average molecular weight is 173 g/mol. The molecule has 0 aliphatic carbocycles. The first kappa shape index (κ1) is 11.9. The first-order valence-corrected chi connectivity index (χ1v) is 5.20. The maximum absolute atomic E-state index is 9.44. The minimum atomic E-state index is -0.136. The fraction of sp³-hybridized carbons (Fsp3) is 1.00. The molecule has 74 valence electrons. The Balaban J connectivity index is 3.04. The van der Waals surface area contributed by atoms with Gasteiger partial charge in [-0.15, -0.1) is 0 Å². The molecular formula is C10H23NO. The highest BCUT2D eigenvalue weighted by Crippen LogP contribution is 2.02. The van der Waals surface area contributed by atoms with Crippen LogP contribution in [0.25, 0.3) is 0 Å². The number of aliphatic hydroxyl groups is 1. The van der Waals surface area contributed by atoms with Gasteiger partial charge in [-0.05, 0) is 19.4 Å². The summed E-state index contributed by atoms with van der Waals surface area (Å²) in [6, 6.07) is 0. The zero-order valence-corrected chi connectivity index (χ0v) is 8.47. The Bertz CT molecular complexity index is 75.9. The van der Waals surface area contributed by atoms with Crippen molar-refractivity contribution in [2.24, 2.45) is 0 Å². The van der Waals surface area contributed by atoms with Gasteiger partial charge in [0.1, 0.15) is 0 Å². The zero-order chi connectivity index (χ0) is 9.23. The van der Waals surface area contributed by atoms with E-state index < -0.39 is 0 Å². The van der Waals surface area contributed by atoms with E-state index in [4.69, 9.17) is 0 Å². The second-order valence-electron chi connectivity index (χ2n) is 3.35. The fourth-order valence-electron chi connectivity index (χ4n) is 1.18. The van der Waals surface area contributed by atoms with E-state index in [0.29, 0.717) is 0 Å². The molecule has 0 spiro atoms. The third-order valence-electron chi connectivity index (χ3n) is 1.95. The molecule has 0 saturated heterocycles. The second kappa shape index (κ2) is 9.01. The van der Waals surface area contributed by atoms with E-state index in [2.05, 4.69) is 19.2 Å². The van der Waals surface area contributed by atoms with Gasteiger partial charge in [-0.1, -0.05) is 33.1 Å². The molecule has 2 nitrogen and oxygen atoms in total. The van der Waals surface area contributed by atoms with Crippen LogP contribution in [-0.4, -0.2) is 24.3 Å². The predicted octanol–water partition coefficient (Wildman–Crippen LogP) is 1.93. The van der Waals surface area contributed by atoms with Gasteiger partial charge in [0.15, 0.2) is 0 Å². The van der Waals surface area contributed by atoms with Gasteiger partial charge >= 0.3 is 0 Å². The molecule has 0 bridgehead atoms. The van der Waals surface area contributed by atoms with Crippen molar-refractivity contribution in [3.05, 3.63) is 0 Å². The van der Waals surface area contributed by atoms with Crippen molar-refractivity contribution >= 4 is 0 Å². The molecule has 2 N–H and O–H groups in total. The minimum absolute atomic E-state index is 0.136. The smallest absolute Gasteiger partial charge is 0.0664 e. The number of aliphatic hydroxyl groups excluding tert-OH is 1. The van der Waals surface area contributed by atoms with Gasteiger partial charge in [0.05, 0.1) is 6.10 Å². The Morgan fingerprint density at radius 1 is 1.17 bits per heavy atom. The Morgan fingerprint density at radius 3 is 2.50 bits per heavy atom. The van der Waals surface area contributed by atoms with Crippen molar-refractivity contribution in [2.45, 2.75) is 52.1 Å². The van der Waals surface area contributed by atoms with Gasteiger partial charge < -0.3 is 10.4 Å². The molecule has 0 radical (unpaired) electrons. The molecule has 1 atom stereocenters. The molecule has 0 aromatic rings. The SMILES string of the molecule is CCCCCC(O)CNCCC. The summed E-state index contributed by atoms with van der Waals surface area (Å²) in [6.45, 7) is 6.10. The third kappa shape index (κ3) is 8.02. The summed E-state index contributed by atoms with van der Waals surface area (Å²) in [5.41, 5.74) is 0. The number of hydrogen-bond donors (Lipinski definition) is 2. The number of hydrogen-bond acceptors (Lipinski definition) is 2. The molecule has 0 amide bonds. The number of rotatable bonds is 8. The summed E-state index contributed by atoms with van der Waals surface area (Å²) in [6.07, 6.45) is 5.58. The first-order chi connectivity index (χ1) is 5.81. The maximum atomic E-state index is 9.44. The highest BCUT2D eigenvalue weighted by molar-refractivity contribution is 4.58. The van der Waals surface area contributed by atoms with E-state index in [9.17, 15) is 5.11 Å². The molecule has 0 aromatic carbocycles. The standard InChI is InChI=1S/C10H23NO/c1-3-5-6-7-10(12)9-11-8-4-2/h10-12H,3-9H2,1-2H3. The molecule has 1 unspecified atom stereocenters. The highest BCUT2D eigenvalue weighted by Gasteiger charge is 2.01. The lowest BCUT2D eigenvalue weighted by atomic mass is 10.1. The highest BCUT2D eigenvalue weighted by atomic mass is 16.3. The van der Waals surface area contributed by atoms with Gasteiger partial charge in [-0.3, -0.25) is 0 Å². The predicted molar refractivity (Wildman–Crippen MR) is 53.3 cm³/mol. The van der Waals surface area contributed by atoms with Gasteiger partial charge in [-0.25, -0.2) is 0 Å².